The molecule has 3 aromatic carbocycles. The fourth-order valence-electron chi connectivity index (χ4n) is 5.17. The molecule has 1 saturated heterocycles. The van der Waals surface area contributed by atoms with Crippen LogP contribution in [0.3, 0.4) is 0 Å². The molecule has 0 radical (unpaired) electrons. The van der Waals surface area contributed by atoms with Gasteiger partial charge in [-0.1, -0.05) is 74.9 Å². The largest absolute Gasteiger partial charge is 0.508 e. The quantitative estimate of drug-likeness (QED) is 0.295. The molecule has 1 aromatic heterocycles. The van der Waals surface area contributed by atoms with E-state index < -0.39 is 34.8 Å². The molecule has 0 aliphatic carbocycles. The molecular formula is C29H22BrN3O5S2. The Morgan fingerprint density at radius 1 is 0.975 bits per heavy atom. The molecule has 202 valence electrons. The molecule has 1 fully saturated rings. The van der Waals surface area contributed by atoms with Crippen molar-refractivity contribution >= 4 is 68.1 Å². The Morgan fingerprint density at radius 3 is 2.38 bits per heavy atom. The lowest BCUT2D eigenvalue weighted by atomic mass is 9.82. The minimum absolute atomic E-state index is 0.0315. The molecule has 0 unspecified atom stereocenters. The fourth-order valence-corrected chi connectivity index (χ4v) is 8.20. The van der Waals surface area contributed by atoms with Crippen LogP contribution < -0.4 is 15.1 Å². The maximum Gasteiger partial charge on any atom is 0.308 e. The molecule has 4 aromatic rings. The van der Waals surface area contributed by atoms with E-state index in [1.165, 1.54) is 15.5 Å². The van der Waals surface area contributed by atoms with Crippen LogP contribution in [-0.4, -0.2) is 32.6 Å². The number of hydrogen-bond donors (Lipinski definition) is 2. The number of nitrogens with one attached hydrogen (secondary N) is 1. The van der Waals surface area contributed by atoms with Crippen LogP contribution in [-0.2, 0) is 20.9 Å². The van der Waals surface area contributed by atoms with Gasteiger partial charge >= 0.3 is 4.87 Å². The summed E-state index contributed by atoms with van der Waals surface area (Å²) in [6.07, 6.45) is 0. The van der Waals surface area contributed by atoms with Gasteiger partial charge < -0.3 is 10.4 Å². The number of imide groups is 1. The van der Waals surface area contributed by atoms with Gasteiger partial charge in [0.05, 0.1) is 16.6 Å². The number of nitrogens with zero attached hydrogens (tertiary/aromatic N) is 2. The third kappa shape index (κ3) is 4.57. The highest BCUT2D eigenvalue weighted by Crippen LogP contribution is 2.55. The van der Waals surface area contributed by atoms with E-state index in [-0.39, 0.29) is 17.2 Å². The second kappa shape index (κ2) is 10.4. The molecule has 3 atom stereocenters. The maximum atomic E-state index is 13.9. The lowest BCUT2D eigenvalue weighted by Gasteiger charge is -2.31. The number of amides is 3. The number of para-hydroxylation sites is 1. The van der Waals surface area contributed by atoms with Gasteiger partial charge in [-0.25, -0.2) is 4.90 Å². The van der Waals surface area contributed by atoms with E-state index in [1.807, 2.05) is 19.1 Å². The Bertz CT molecular complexity index is 1710. The normalized spacial score (nSPS) is 19.9. The smallest absolute Gasteiger partial charge is 0.308 e. The number of benzene rings is 3. The third-order valence-electron chi connectivity index (χ3n) is 7.04. The van der Waals surface area contributed by atoms with Crippen LogP contribution in [0.2, 0.25) is 0 Å². The van der Waals surface area contributed by atoms with Crippen molar-refractivity contribution in [1.29, 1.82) is 0 Å². The van der Waals surface area contributed by atoms with Crippen LogP contribution in [0.15, 0.2) is 87.1 Å². The number of rotatable bonds is 5. The predicted octanol–water partition coefficient (Wildman–Crippen LogP) is 5.12. The Hall–Kier alpha value is -3.67. The Labute approximate surface area is 245 Å². The highest BCUT2D eigenvalue weighted by atomic mass is 79.9. The monoisotopic (exact) mass is 635 g/mol. The molecular weight excluding hydrogens is 614 g/mol. The van der Waals surface area contributed by atoms with Crippen LogP contribution in [0.1, 0.15) is 21.9 Å². The number of carbonyl (C=O) groups excluding carboxylic acids is 3. The lowest BCUT2D eigenvalue weighted by molar-refractivity contribution is -0.122. The van der Waals surface area contributed by atoms with Gasteiger partial charge in [-0.15, -0.1) is 0 Å². The first-order valence-electron chi connectivity index (χ1n) is 12.4. The number of aryl methyl sites for hydroxylation is 1. The molecule has 0 saturated carbocycles. The van der Waals surface area contributed by atoms with Crippen LogP contribution >= 0.6 is 39.0 Å². The molecule has 3 amide bonds. The van der Waals surface area contributed by atoms with Crippen molar-refractivity contribution in [2.24, 2.45) is 5.92 Å². The first kappa shape index (κ1) is 26.5. The Balaban J connectivity index is 1.41. The molecule has 8 nitrogen and oxygen atoms in total. The minimum atomic E-state index is -0.839. The number of halogens is 1. The Kier molecular flexibility index (Phi) is 6.89. The summed E-state index contributed by atoms with van der Waals surface area (Å²) >= 11 is 5.45. The molecule has 0 spiro atoms. The van der Waals surface area contributed by atoms with Crippen molar-refractivity contribution in [3.8, 4) is 5.75 Å². The molecule has 2 aliphatic rings. The summed E-state index contributed by atoms with van der Waals surface area (Å²) in [5.41, 5.74) is 2.56. The van der Waals surface area contributed by atoms with E-state index in [0.717, 1.165) is 33.1 Å². The van der Waals surface area contributed by atoms with Crippen molar-refractivity contribution in [3.63, 3.8) is 0 Å². The van der Waals surface area contributed by atoms with E-state index in [1.54, 1.807) is 54.6 Å². The van der Waals surface area contributed by atoms with E-state index in [2.05, 4.69) is 21.2 Å². The zero-order chi connectivity index (χ0) is 28.1. The third-order valence-corrected chi connectivity index (χ3v) is 10.2. The van der Waals surface area contributed by atoms with E-state index >= 15 is 0 Å². The van der Waals surface area contributed by atoms with Crippen LogP contribution in [0.25, 0.3) is 0 Å². The van der Waals surface area contributed by atoms with Crippen molar-refractivity contribution in [3.05, 3.63) is 103 Å². The van der Waals surface area contributed by atoms with Gasteiger partial charge in [0, 0.05) is 26.5 Å². The van der Waals surface area contributed by atoms with Crippen molar-refractivity contribution in [2.45, 2.75) is 29.7 Å². The number of hydrogen-bond acceptors (Lipinski definition) is 7. The number of thiazole rings is 1. The second-order valence-corrected chi connectivity index (χ2v) is 12.7. The molecule has 40 heavy (non-hydrogen) atoms. The van der Waals surface area contributed by atoms with Crippen molar-refractivity contribution in [1.82, 2.24) is 4.57 Å². The maximum absolute atomic E-state index is 13.9. The van der Waals surface area contributed by atoms with Gasteiger partial charge in [0.1, 0.15) is 17.5 Å². The summed E-state index contributed by atoms with van der Waals surface area (Å²) in [4.78, 5) is 55.2. The summed E-state index contributed by atoms with van der Waals surface area (Å²) < 4.78 is 2.17. The highest BCUT2D eigenvalue weighted by Gasteiger charge is 2.57. The predicted molar refractivity (Wildman–Crippen MR) is 158 cm³/mol. The molecule has 3 heterocycles. The number of phenols is 1. The topological polar surface area (TPSA) is 109 Å². The second-order valence-electron chi connectivity index (χ2n) is 9.63. The number of fused-ring (bicyclic) bond motifs is 2. The summed E-state index contributed by atoms with van der Waals surface area (Å²) in [5.74, 6) is -2.79. The number of aromatic hydroxyl groups is 1. The van der Waals surface area contributed by atoms with Crippen molar-refractivity contribution < 1.29 is 19.5 Å². The van der Waals surface area contributed by atoms with Gasteiger partial charge in [-0.3, -0.25) is 23.7 Å². The SMILES string of the molecule is Cc1ccc(NC(=O)Cn2c3c(sc2=O)[C@@H](c2ccccc2O)[C@H]2C(=O)N(c4ccc(Br)cc4)C(=O)[C@H]2S3)cc1. The highest BCUT2D eigenvalue weighted by molar-refractivity contribution is 9.10. The van der Waals surface area contributed by atoms with Crippen LogP contribution in [0.4, 0.5) is 11.4 Å². The molecule has 11 heteroatoms. The summed E-state index contributed by atoms with van der Waals surface area (Å²) in [6.45, 7) is 1.69. The van der Waals surface area contributed by atoms with E-state index in [4.69, 9.17) is 0 Å². The first-order chi connectivity index (χ1) is 19.2. The zero-order valence-corrected chi connectivity index (χ0v) is 24.3. The van der Waals surface area contributed by atoms with Gasteiger partial charge in [0.15, 0.2) is 0 Å². The lowest BCUT2D eigenvalue weighted by Crippen LogP contribution is -2.33. The Morgan fingerprint density at radius 2 is 1.68 bits per heavy atom. The van der Waals surface area contributed by atoms with Crippen LogP contribution in [0, 0.1) is 12.8 Å². The molecule has 0 bridgehead atoms. The molecule has 2 aliphatic heterocycles. The summed E-state index contributed by atoms with van der Waals surface area (Å²) in [6, 6.07) is 20.9. The van der Waals surface area contributed by atoms with Gasteiger partial charge in [0.25, 0.3) is 0 Å². The summed E-state index contributed by atoms with van der Waals surface area (Å²) in [5, 5.41) is 13.2. The number of carbonyl (C=O) groups is 3. The van der Waals surface area contributed by atoms with E-state index in [0.29, 0.717) is 26.8 Å². The number of anilines is 2. The van der Waals surface area contributed by atoms with Crippen molar-refractivity contribution in [2.75, 3.05) is 10.2 Å². The van der Waals surface area contributed by atoms with Gasteiger partial charge in [0.2, 0.25) is 17.7 Å². The average molecular weight is 637 g/mol. The first-order valence-corrected chi connectivity index (χ1v) is 14.9. The number of thioether (sulfide) groups is 1. The standard InChI is InChI=1S/C29H22BrN3O5S2/c1-15-6-10-17(11-7-15)31-21(35)14-32-28-25(40-29(32)38)22(19-4-2-3-5-20(19)34)23-24(39-28)27(37)33(26(23)36)18-12-8-16(30)9-13-18/h2-13,22-24,34H,14H2,1H3,(H,31,35)/t22-,23+,24-/m0/s1. The fraction of sp³-hybridized carbons (Fsp3) is 0.172. The van der Waals surface area contributed by atoms with E-state index in [9.17, 15) is 24.3 Å². The average Bonchev–Trinajstić information content (AvgIpc) is 3.37. The number of aromatic nitrogens is 1. The minimum Gasteiger partial charge on any atom is -0.508 e. The zero-order valence-electron chi connectivity index (χ0n) is 21.0. The van der Waals surface area contributed by atoms with Crippen LogP contribution in [0.5, 0.6) is 5.75 Å². The molecule has 6 rings (SSSR count). The molecule has 2 N–H and O–H groups in total. The number of phenolic OH excluding ortho intramolecular Hbond substituents is 1. The van der Waals surface area contributed by atoms with Gasteiger partial charge in [-0.05, 0) is 49.4 Å². The summed E-state index contributed by atoms with van der Waals surface area (Å²) in [7, 11) is 0. The van der Waals surface area contributed by atoms with Gasteiger partial charge in [-0.2, -0.15) is 0 Å².